The smallest absolute Gasteiger partial charge is 0.325 e. The lowest BCUT2D eigenvalue weighted by atomic mass is 10.1. The number of anilines is 1. The van der Waals surface area contributed by atoms with Crippen molar-refractivity contribution in [2.24, 2.45) is 0 Å². The van der Waals surface area contributed by atoms with Crippen LogP contribution < -0.4 is 5.73 Å². The fraction of sp³-hybridized carbons (Fsp3) is 0.500. The molecule has 2 aromatic heterocycles. The molecule has 1 saturated heterocycles. The molecule has 112 valence electrons. The molecule has 0 aromatic carbocycles. The van der Waals surface area contributed by atoms with Crippen molar-refractivity contribution in [1.82, 2.24) is 19.7 Å². The second kappa shape index (κ2) is 5.41. The third kappa shape index (κ3) is 2.74. The fourth-order valence-electron chi connectivity index (χ4n) is 2.30. The Morgan fingerprint density at radius 3 is 2.95 bits per heavy atom. The molecule has 3 heterocycles. The molecular weight excluding hydrogens is 294 g/mol. The average molecular weight is 309 g/mol. The number of hydrogen-bond acceptors (Lipinski definition) is 7. The van der Waals surface area contributed by atoms with Crippen LogP contribution in [-0.2, 0) is 16.1 Å². The second-order valence-electron chi connectivity index (χ2n) is 4.87. The van der Waals surface area contributed by atoms with Crippen LogP contribution in [-0.4, -0.2) is 44.0 Å². The summed E-state index contributed by atoms with van der Waals surface area (Å²) in [5.41, 5.74) is 6.44. The summed E-state index contributed by atoms with van der Waals surface area (Å²) in [6.07, 6.45) is 0.848. The Morgan fingerprint density at radius 1 is 1.57 bits per heavy atom. The molecule has 1 aliphatic heterocycles. The van der Waals surface area contributed by atoms with E-state index in [0.29, 0.717) is 30.0 Å². The molecular formula is C12H15N5O3S. The van der Waals surface area contributed by atoms with Crippen LogP contribution in [0, 0.1) is 6.92 Å². The number of carboxylic acid groups (broad SMARTS) is 1. The van der Waals surface area contributed by atoms with Crippen molar-refractivity contribution in [3.05, 3.63) is 11.5 Å². The number of aliphatic carboxylic acids is 1. The van der Waals surface area contributed by atoms with Gasteiger partial charge in [0.05, 0.1) is 17.2 Å². The largest absolute Gasteiger partial charge is 0.480 e. The number of rotatable bonds is 4. The first-order chi connectivity index (χ1) is 10.0. The van der Waals surface area contributed by atoms with Gasteiger partial charge >= 0.3 is 5.97 Å². The monoisotopic (exact) mass is 309 g/mol. The van der Waals surface area contributed by atoms with E-state index in [9.17, 15) is 4.79 Å². The van der Waals surface area contributed by atoms with Crippen molar-refractivity contribution in [2.75, 3.05) is 18.9 Å². The Labute approximate surface area is 124 Å². The molecule has 1 fully saturated rings. The van der Waals surface area contributed by atoms with Crippen LogP contribution in [0.1, 0.15) is 23.9 Å². The highest BCUT2D eigenvalue weighted by Gasteiger charge is 2.26. The highest BCUT2D eigenvalue weighted by molar-refractivity contribution is 7.18. The highest BCUT2D eigenvalue weighted by atomic mass is 32.1. The molecule has 1 aliphatic rings. The number of thiazole rings is 1. The maximum absolute atomic E-state index is 11.0. The molecule has 0 bridgehead atoms. The van der Waals surface area contributed by atoms with E-state index >= 15 is 0 Å². The van der Waals surface area contributed by atoms with Crippen molar-refractivity contribution in [3.8, 4) is 10.7 Å². The quantitative estimate of drug-likeness (QED) is 0.861. The van der Waals surface area contributed by atoms with Gasteiger partial charge in [-0.05, 0) is 13.3 Å². The molecule has 3 rings (SSSR count). The van der Waals surface area contributed by atoms with E-state index in [2.05, 4.69) is 15.1 Å². The predicted molar refractivity (Wildman–Crippen MR) is 76.1 cm³/mol. The van der Waals surface area contributed by atoms with Gasteiger partial charge in [0.15, 0.2) is 16.8 Å². The van der Waals surface area contributed by atoms with Gasteiger partial charge in [0.25, 0.3) is 0 Å². The summed E-state index contributed by atoms with van der Waals surface area (Å²) in [5.74, 6) is 0.274. The van der Waals surface area contributed by atoms with Crippen LogP contribution in [0.5, 0.6) is 0 Å². The number of ether oxygens (including phenoxy) is 1. The van der Waals surface area contributed by atoms with Gasteiger partial charge in [0.2, 0.25) is 0 Å². The number of carboxylic acids is 1. The summed E-state index contributed by atoms with van der Waals surface area (Å²) in [4.78, 5) is 20.4. The van der Waals surface area contributed by atoms with Crippen LogP contribution in [0.25, 0.3) is 10.7 Å². The molecule has 0 aliphatic carbocycles. The molecule has 0 spiro atoms. The summed E-state index contributed by atoms with van der Waals surface area (Å²) in [6.45, 7) is 2.83. The molecule has 9 heteroatoms. The van der Waals surface area contributed by atoms with E-state index in [1.54, 1.807) is 0 Å². The normalized spacial score (nSPS) is 18.2. The molecule has 0 radical (unpaired) electrons. The second-order valence-corrected chi connectivity index (χ2v) is 5.90. The minimum absolute atomic E-state index is 0.115. The van der Waals surface area contributed by atoms with Crippen molar-refractivity contribution in [3.63, 3.8) is 0 Å². The van der Waals surface area contributed by atoms with Crippen LogP contribution in [0.2, 0.25) is 0 Å². The first-order valence-corrected chi connectivity index (χ1v) is 7.34. The van der Waals surface area contributed by atoms with Crippen LogP contribution in [0.15, 0.2) is 0 Å². The van der Waals surface area contributed by atoms with Gasteiger partial charge in [0, 0.05) is 12.5 Å². The number of nitrogens with two attached hydrogens (primary N) is 1. The number of nitrogens with zero attached hydrogens (tertiary/aromatic N) is 4. The maximum atomic E-state index is 11.0. The topological polar surface area (TPSA) is 116 Å². The number of hydrogen-bond donors (Lipinski definition) is 2. The third-order valence-electron chi connectivity index (χ3n) is 3.28. The lowest BCUT2D eigenvalue weighted by molar-refractivity contribution is -0.137. The molecule has 0 unspecified atom stereocenters. The molecule has 2 aromatic rings. The number of aromatic nitrogens is 4. The van der Waals surface area contributed by atoms with E-state index in [4.69, 9.17) is 15.6 Å². The third-order valence-corrected chi connectivity index (χ3v) is 4.27. The lowest BCUT2D eigenvalue weighted by Crippen LogP contribution is -2.12. The van der Waals surface area contributed by atoms with Gasteiger partial charge < -0.3 is 15.6 Å². The summed E-state index contributed by atoms with van der Waals surface area (Å²) >= 11 is 1.28. The predicted octanol–water partition coefficient (Wildman–Crippen LogP) is 0.881. The zero-order valence-corrected chi connectivity index (χ0v) is 12.3. The van der Waals surface area contributed by atoms with E-state index in [-0.39, 0.29) is 12.5 Å². The van der Waals surface area contributed by atoms with E-state index < -0.39 is 5.97 Å². The number of aryl methyl sites for hydroxylation is 1. The van der Waals surface area contributed by atoms with Gasteiger partial charge in [-0.1, -0.05) is 11.3 Å². The molecule has 0 amide bonds. The summed E-state index contributed by atoms with van der Waals surface area (Å²) < 4.78 is 6.74. The van der Waals surface area contributed by atoms with Gasteiger partial charge in [-0.3, -0.25) is 4.79 Å². The fourth-order valence-corrected chi connectivity index (χ4v) is 3.13. The number of nitrogen functional groups attached to an aromatic ring is 1. The Balaban J connectivity index is 2.04. The average Bonchev–Trinajstić information content (AvgIpc) is 3.08. The first kappa shape index (κ1) is 14.0. The standard InChI is InChI=1S/C12H15N5O3S/c1-6-9(21-12(13)14-6)11-15-10(7-2-3-20-5-7)16-17(11)4-8(18)19/h7H,2-5H2,1H3,(H2,13,14)(H,18,19)/t7-/m0/s1. The van der Waals surface area contributed by atoms with Crippen molar-refractivity contribution in [1.29, 1.82) is 0 Å². The Morgan fingerprint density at radius 2 is 2.38 bits per heavy atom. The van der Waals surface area contributed by atoms with Crippen molar-refractivity contribution in [2.45, 2.75) is 25.8 Å². The Hall–Kier alpha value is -2.00. The Kier molecular flexibility index (Phi) is 3.60. The van der Waals surface area contributed by atoms with Crippen LogP contribution in [0.3, 0.4) is 0 Å². The molecule has 0 saturated carbocycles. The van der Waals surface area contributed by atoms with Crippen molar-refractivity contribution < 1.29 is 14.6 Å². The van der Waals surface area contributed by atoms with Gasteiger partial charge in [-0.2, -0.15) is 5.10 Å². The summed E-state index contributed by atoms with van der Waals surface area (Å²) in [6, 6.07) is 0. The van der Waals surface area contributed by atoms with Crippen LogP contribution >= 0.6 is 11.3 Å². The SMILES string of the molecule is Cc1nc(N)sc1-c1nc([C@H]2CCOC2)nn1CC(=O)O. The lowest BCUT2D eigenvalue weighted by Gasteiger charge is -2.00. The van der Waals surface area contributed by atoms with Gasteiger partial charge in [0.1, 0.15) is 6.54 Å². The summed E-state index contributed by atoms with van der Waals surface area (Å²) in [5, 5.41) is 13.8. The van der Waals surface area contributed by atoms with Gasteiger partial charge in [-0.15, -0.1) is 0 Å². The molecule has 21 heavy (non-hydrogen) atoms. The minimum atomic E-state index is -0.967. The first-order valence-electron chi connectivity index (χ1n) is 6.52. The summed E-state index contributed by atoms with van der Waals surface area (Å²) in [7, 11) is 0. The highest BCUT2D eigenvalue weighted by Crippen LogP contribution is 2.32. The zero-order valence-electron chi connectivity index (χ0n) is 11.4. The van der Waals surface area contributed by atoms with Crippen molar-refractivity contribution >= 4 is 22.4 Å². The van der Waals surface area contributed by atoms with E-state index in [0.717, 1.165) is 17.0 Å². The molecule has 3 N–H and O–H groups in total. The maximum Gasteiger partial charge on any atom is 0.325 e. The van der Waals surface area contributed by atoms with E-state index in [1.165, 1.54) is 16.0 Å². The zero-order chi connectivity index (χ0) is 15.0. The Bertz CT molecular complexity index is 674. The number of carbonyl (C=O) groups is 1. The molecule has 1 atom stereocenters. The van der Waals surface area contributed by atoms with Gasteiger partial charge in [-0.25, -0.2) is 14.6 Å². The van der Waals surface area contributed by atoms with E-state index in [1.807, 2.05) is 6.92 Å². The minimum Gasteiger partial charge on any atom is -0.480 e. The molecule has 8 nitrogen and oxygen atoms in total. The van der Waals surface area contributed by atoms with Crippen LogP contribution in [0.4, 0.5) is 5.13 Å².